The second-order valence-corrected chi connectivity index (χ2v) is 6.87. The first-order valence-electron chi connectivity index (χ1n) is 6.09. The van der Waals surface area contributed by atoms with Gasteiger partial charge in [0, 0.05) is 11.8 Å². The minimum Gasteiger partial charge on any atom is -0.245 e. The lowest BCUT2D eigenvalue weighted by atomic mass is 10.2. The van der Waals surface area contributed by atoms with Gasteiger partial charge in [-0.1, -0.05) is 17.8 Å². The Morgan fingerprint density at radius 2 is 2.24 bits per heavy atom. The number of rotatable bonds is 3. The van der Waals surface area contributed by atoms with Crippen molar-refractivity contribution in [3.63, 3.8) is 0 Å². The molecule has 108 valence electrons. The summed E-state index contributed by atoms with van der Waals surface area (Å²) >= 11 is 1.36. The Labute approximate surface area is 127 Å². The van der Waals surface area contributed by atoms with E-state index >= 15 is 0 Å². The summed E-state index contributed by atoms with van der Waals surface area (Å²) in [5.74, 6) is 0.371. The van der Waals surface area contributed by atoms with Crippen LogP contribution in [0.25, 0.3) is 11.3 Å². The zero-order chi connectivity index (χ0) is 15.0. The van der Waals surface area contributed by atoms with E-state index in [0.717, 1.165) is 0 Å². The minimum atomic E-state index is -3.72. The molecule has 2 aromatic rings. The monoisotopic (exact) mass is 320 g/mol. The van der Waals surface area contributed by atoms with Crippen LogP contribution in [0, 0.1) is 0 Å². The third-order valence-electron chi connectivity index (χ3n) is 3.06. The van der Waals surface area contributed by atoms with Crippen LogP contribution < -0.4 is 4.31 Å². The summed E-state index contributed by atoms with van der Waals surface area (Å²) < 4.78 is 26.6. The summed E-state index contributed by atoms with van der Waals surface area (Å²) in [6.45, 7) is 3.76. The van der Waals surface area contributed by atoms with E-state index < -0.39 is 10.0 Å². The van der Waals surface area contributed by atoms with Crippen LogP contribution in [0.3, 0.4) is 0 Å². The molecule has 8 heteroatoms. The smallest absolute Gasteiger partial charge is 0.245 e. The highest BCUT2D eigenvalue weighted by Gasteiger charge is 2.36. The summed E-state index contributed by atoms with van der Waals surface area (Å²) in [5, 5.41) is 0.524. The van der Waals surface area contributed by atoms with Crippen LogP contribution in [-0.2, 0) is 10.0 Å². The van der Waals surface area contributed by atoms with E-state index in [1.165, 1.54) is 28.3 Å². The number of fused-ring (bicyclic) bond motifs is 3. The maximum absolute atomic E-state index is 12.7. The fourth-order valence-electron chi connectivity index (χ4n) is 2.15. The molecule has 0 amide bonds. The van der Waals surface area contributed by atoms with Gasteiger partial charge < -0.3 is 0 Å². The summed E-state index contributed by atoms with van der Waals surface area (Å²) in [4.78, 5) is 12.7. The van der Waals surface area contributed by atoms with Gasteiger partial charge in [0.15, 0.2) is 11.0 Å². The van der Waals surface area contributed by atoms with Crippen molar-refractivity contribution in [1.82, 2.24) is 15.0 Å². The number of hydrogen-bond acceptors (Lipinski definition) is 6. The van der Waals surface area contributed by atoms with Gasteiger partial charge in [-0.2, -0.15) is 0 Å². The largest absolute Gasteiger partial charge is 0.269 e. The van der Waals surface area contributed by atoms with Crippen molar-refractivity contribution in [1.29, 1.82) is 0 Å². The standard InChI is InChI=1S/C13H12N4O2S2/c1-3-7-17-12-9(5-4-6-14-12)11-10(21(17,18)19)8-15-13(16-11)20-2/h3-6,8H,1,7H2,2H3. The summed E-state index contributed by atoms with van der Waals surface area (Å²) in [6, 6.07) is 3.57. The van der Waals surface area contributed by atoms with Crippen LogP contribution in [0.15, 0.2) is 47.2 Å². The fourth-order valence-corrected chi connectivity index (χ4v) is 3.99. The van der Waals surface area contributed by atoms with E-state index in [4.69, 9.17) is 0 Å². The number of anilines is 1. The van der Waals surface area contributed by atoms with Crippen molar-refractivity contribution in [3.05, 3.63) is 37.2 Å². The highest BCUT2D eigenvalue weighted by Crippen LogP contribution is 2.40. The van der Waals surface area contributed by atoms with Crippen LogP contribution >= 0.6 is 11.8 Å². The molecule has 6 nitrogen and oxygen atoms in total. The lowest BCUT2D eigenvalue weighted by Gasteiger charge is -2.29. The van der Waals surface area contributed by atoms with E-state index in [0.29, 0.717) is 22.2 Å². The van der Waals surface area contributed by atoms with Crippen molar-refractivity contribution in [2.45, 2.75) is 10.1 Å². The summed E-state index contributed by atoms with van der Waals surface area (Å²) in [7, 11) is -3.72. The zero-order valence-corrected chi connectivity index (χ0v) is 12.9. The van der Waals surface area contributed by atoms with Gasteiger partial charge in [-0.05, 0) is 18.4 Å². The predicted molar refractivity (Wildman–Crippen MR) is 81.8 cm³/mol. The quantitative estimate of drug-likeness (QED) is 0.489. The highest BCUT2D eigenvalue weighted by molar-refractivity contribution is 7.98. The first kappa shape index (κ1) is 14.0. The number of thioether (sulfide) groups is 1. The zero-order valence-electron chi connectivity index (χ0n) is 11.2. The molecule has 3 rings (SSSR count). The second-order valence-electron chi connectivity index (χ2n) is 4.27. The number of pyridine rings is 1. The molecule has 0 radical (unpaired) electrons. The maximum atomic E-state index is 12.7. The summed E-state index contributed by atoms with van der Waals surface area (Å²) in [6.07, 6.45) is 6.28. The van der Waals surface area contributed by atoms with Gasteiger partial charge in [0.25, 0.3) is 10.0 Å². The Bertz CT molecular complexity index is 821. The van der Waals surface area contributed by atoms with E-state index in [1.807, 2.05) is 12.3 Å². The Kier molecular flexibility index (Phi) is 3.42. The van der Waals surface area contributed by atoms with E-state index in [1.54, 1.807) is 12.3 Å². The highest BCUT2D eigenvalue weighted by atomic mass is 32.2. The number of aromatic nitrogens is 3. The first-order valence-corrected chi connectivity index (χ1v) is 8.76. The molecular weight excluding hydrogens is 308 g/mol. The minimum absolute atomic E-state index is 0.0997. The topological polar surface area (TPSA) is 76.1 Å². The molecule has 0 saturated heterocycles. The Morgan fingerprint density at radius 1 is 1.43 bits per heavy atom. The average Bonchev–Trinajstić information content (AvgIpc) is 2.51. The molecule has 1 aliphatic heterocycles. The molecule has 0 bridgehead atoms. The average molecular weight is 320 g/mol. The third-order valence-corrected chi connectivity index (χ3v) is 5.38. The Hall–Kier alpha value is -1.93. The van der Waals surface area contributed by atoms with Crippen LogP contribution in [0.5, 0.6) is 0 Å². The predicted octanol–water partition coefficient (Wildman–Crippen LogP) is 1.96. The van der Waals surface area contributed by atoms with E-state index in [9.17, 15) is 8.42 Å². The van der Waals surface area contributed by atoms with Gasteiger partial charge in [0.05, 0.1) is 18.4 Å². The fraction of sp³-hybridized carbons (Fsp3) is 0.154. The van der Waals surface area contributed by atoms with Crippen molar-refractivity contribution >= 4 is 27.6 Å². The van der Waals surface area contributed by atoms with Crippen molar-refractivity contribution in [2.75, 3.05) is 17.1 Å². The molecule has 2 aromatic heterocycles. The SMILES string of the molecule is C=CCN1c2ncccc2-c2nc(SC)ncc2S1(=O)=O. The van der Waals surface area contributed by atoms with Gasteiger partial charge in [-0.25, -0.2) is 27.7 Å². The van der Waals surface area contributed by atoms with Gasteiger partial charge in [0.2, 0.25) is 0 Å². The molecule has 3 heterocycles. The molecular formula is C13H12N4O2S2. The van der Waals surface area contributed by atoms with Crippen molar-refractivity contribution < 1.29 is 8.42 Å². The third kappa shape index (κ3) is 2.11. The lowest BCUT2D eigenvalue weighted by Crippen LogP contribution is -2.35. The van der Waals surface area contributed by atoms with Crippen LogP contribution in [0.2, 0.25) is 0 Å². The molecule has 0 fully saturated rings. The van der Waals surface area contributed by atoms with Gasteiger partial charge in [-0.15, -0.1) is 6.58 Å². The number of nitrogens with zero attached hydrogens (tertiary/aromatic N) is 4. The molecule has 0 saturated carbocycles. The normalized spacial score (nSPS) is 15.2. The first-order chi connectivity index (χ1) is 10.1. The molecule has 0 atom stereocenters. The van der Waals surface area contributed by atoms with Crippen LogP contribution in [0.4, 0.5) is 5.82 Å². The Morgan fingerprint density at radius 3 is 2.95 bits per heavy atom. The van der Waals surface area contributed by atoms with E-state index in [2.05, 4.69) is 21.5 Å². The Balaban J connectivity index is 2.35. The van der Waals surface area contributed by atoms with Gasteiger partial charge >= 0.3 is 0 Å². The van der Waals surface area contributed by atoms with Gasteiger partial charge in [0.1, 0.15) is 4.90 Å². The van der Waals surface area contributed by atoms with Crippen LogP contribution in [-0.4, -0.2) is 36.2 Å². The van der Waals surface area contributed by atoms with Crippen molar-refractivity contribution in [2.24, 2.45) is 0 Å². The lowest BCUT2D eigenvalue weighted by molar-refractivity contribution is 0.590. The molecule has 21 heavy (non-hydrogen) atoms. The molecule has 0 aromatic carbocycles. The van der Waals surface area contributed by atoms with E-state index in [-0.39, 0.29) is 11.4 Å². The number of sulfonamides is 1. The molecule has 0 aliphatic carbocycles. The van der Waals surface area contributed by atoms with Crippen molar-refractivity contribution in [3.8, 4) is 11.3 Å². The van der Waals surface area contributed by atoms with Crippen LogP contribution in [0.1, 0.15) is 0 Å². The maximum Gasteiger partial charge on any atom is 0.269 e. The van der Waals surface area contributed by atoms with Gasteiger partial charge in [-0.3, -0.25) is 0 Å². The summed E-state index contributed by atoms with van der Waals surface area (Å²) in [5.41, 5.74) is 1.08. The second kappa shape index (κ2) is 5.12. The molecule has 1 aliphatic rings. The molecule has 0 N–H and O–H groups in total. The molecule has 0 unspecified atom stereocenters. The molecule has 0 spiro atoms. The number of hydrogen-bond donors (Lipinski definition) is 0.